The number of allylic oxidation sites excluding steroid dienone is 4. The van der Waals surface area contributed by atoms with Crippen LogP contribution in [0.2, 0.25) is 5.02 Å². The third kappa shape index (κ3) is 4.34. The van der Waals surface area contributed by atoms with Crippen LogP contribution in [0.25, 0.3) is 0 Å². The van der Waals surface area contributed by atoms with Crippen LogP contribution in [-0.2, 0) is 0 Å². The van der Waals surface area contributed by atoms with Crippen molar-refractivity contribution in [1.82, 2.24) is 9.88 Å². The Labute approximate surface area is 134 Å². The van der Waals surface area contributed by atoms with Crippen LogP contribution >= 0.6 is 23.2 Å². The molecule has 1 heterocycles. The molecule has 1 amide bonds. The van der Waals surface area contributed by atoms with Gasteiger partial charge in [-0.05, 0) is 19.1 Å². The van der Waals surface area contributed by atoms with Crippen molar-refractivity contribution in [2.45, 2.75) is 6.92 Å². The van der Waals surface area contributed by atoms with Crippen LogP contribution in [0.5, 0.6) is 0 Å². The van der Waals surface area contributed by atoms with Crippen molar-refractivity contribution >= 4 is 34.8 Å². The number of hydrogen-bond donors (Lipinski definition) is 1. The third-order valence-electron chi connectivity index (χ3n) is 2.74. The molecule has 0 fully saturated rings. The SMILES string of the molecule is C=C/C=C\C(=C(/C)Cl)N(C)C(=O)c1ncc(Cl)cc1NC. The van der Waals surface area contributed by atoms with Gasteiger partial charge < -0.3 is 10.2 Å². The number of carbonyl (C=O) groups excluding carboxylic acids is 1. The third-order valence-corrected chi connectivity index (χ3v) is 3.14. The number of aromatic nitrogens is 1. The lowest BCUT2D eigenvalue weighted by Gasteiger charge is -2.20. The summed E-state index contributed by atoms with van der Waals surface area (Å²) in [6.45, 7) is 5.31. The minimum atomic E-state index is -0.292. The van der Waals surface area contributed by atoms with Gasteiger partial charge in [0.25, 0.3) is 5.91 Å². The Morgan fingerprint density at radius 3 is 2.71 bits per heavy atom. The average molecular weight is 326 g/mol. The zero-order chi connectivity index (χ0) is 16.0. The molecule has 0 aromatic carbocycles. The van der Waals surface area contributed by atoms with Gasteiger partial charge in [-0.1, -0.05) is 41.9 Å². The summed E-state index contributed by atoms with van der Waals surface area (Å²) in [5.41, 5.74) is 1.39. The highest BCUT2D eigenvalue weighted by Gasteiger charge is 2.20. The Kier molecular flexibility index (Phi) is 6.46. The minimum Gasteiger partial charge on any atom is -0.386 e. The topological polar surface area (TPSA) is 45.2 Å². The highest BCUT2D eigenvalue weighted by molar-refractivity contribution is 6.31. The van der Waals surface area contributed by atoms with E-state index in [-0.39, 0.29) is 11.6 Å². The van der Waals surface area contributed by atoms with E-state index >= 15 is 0 Å². The standard InChI is InChI=1S/C15H17Cl2N3O/c1-5-6-7-13(10(2)16)20(4)15(21)14-12(18-3)8-11(17)9-19-14/h5-9,18H,1H2,2-4H3/b7-6-,13-10-. The van der Waals surface area contributed by atoms with Crippen molar-refractivity contribution in [1.29, 1.82) is 0 Å². The maximum absolute atomic E-state index is 12.6. The first-order valence-corrected chi connectivity index (χ1v) is 6.94. The smallest absolute Gasteiger partial charge is 0.278 e. The average Bonchev–Trinajstić information content (AvgIpc) is 2.46. The first kappa shape index (κ1) is 17.3. The number of rotatable bonds is 5. The summed E-state index contributed by atoms with van der Waals surface area (Å²) in [6, 6.07) is 1.64. The van der Waals surface area contributed by atoms with Gasteiger partial charge in [-0.3, -0.25) is 4.79 Å². The number of anilines is 1. The van der Waals surface area contributed by atoms with Crippen LogP contribution in [-0.4, -0.2) is 29.9 Å². The second kappa shape index (κ2) is 7.86. The van der Waals surface area contributed by atoms with Crippen molar-refractivity contribution in [2.24, 2.45) is 0 Å². The van der Waals surface area contributed by atoms with E-state index in [4.69, 9.17) is 23.2 Å². The predicted molar refractivity (Wildman–Crippen MR) is 88.8 cm³/mol. The van der Waals surface area contributed by atoms with Gasteiger partial charge in [-0.2, -0.15) is 0 Å². The lowest BCUT2D eigenvalue weighted by molar-refractivity contribution is 0.0835. The zero-order valence-corrected chi connectivity index (χ0v) is 13.7. The van der Waals surface area contributed by atoms with E-state index in [0.29, 0.717) is 21.4 Å². The number of halogens is 2. The van der Waals surface area contributed by atoms with Gasteiger partial charge in [-0.15, -0.1) is 0 Å². The van der Waals surface area contributed by atoms with Crippen LogP contribution in [0.4, 0.5) is 5.69 Å². The Morgan fingerprint density at radius 1 is 1.52 bits per heavy atom. The molecule has 0 aliphatic heterocycles. The van der Waals surface area contributed by atoms with Gasteiger partial charge in [0.05, 0.1) is 16.4 Å². The first-order valence-electron chi connectivity index (χ1n) is 6.19. The number of nitrogens with one attached hydrogen (secondary N) is 1. The van der Waals surface area contributed by atoms with E-state index in [9.17, 15) is 4.79 Å². The summed E-state index contributed by atoms with van der Waals surface area (Å²) in [7, 11) is 3.33. The second-order valence-electron chi connectivity index (χ2n) is 4.18. The van der Waals surface area contributed by atoms with Crippen LogP contribution in [0.3, 0.4) is 0 Å². The fourth-order valence-corrected chi connectivity index (χ4v) is 2.03. The summed E-state index contributed by atoms with van der Waals surface area (Å²) in [5.74, 6) is -0.292. The van der Waals surface area contributed by atoms with Crippen molar-refractivity contribution < 1.29 is 4.79 Å². The van der Waals surface area contributed by atoms with E-state index in [0.717, 1.165) is 0 Å². The van der Waals surface area contributed by atoms with Gasteiger partial charge in [0, 0.05) is 25.3 Å². The van der Waals surface area contributed by atoms with Gasteiger partial charge >= 0.3 is 0 Å². The first-order chi connectivity index (χ1) is 9.92. The number of nitrogens with zero attached hydrogens (tertiary/aromatic N) is 2. The monoisotopic (exact) mass is 325 g/mol. The van der Waals surface area contributed by atoms with E-state index in [2.05, 4.69) is 16.9 Å². The molecule has 0 spiro atoms. The number of likely N-dealkylation sites (N-methyl/N-ethyl adjacent to an activating group) is 1. The molecule has 6 heteroatoms. The maximum atomic E-state index is 12.6. The second-order valence-corrected chi connectivity index (χ2v) is 5.18. The van der Waals surface area contributed by atoms with Gasteiger partial charge in [0.1, 0.15) is 0 Å². The molecular formula is C15H17Cl2N3O. The molecule has 0 radical (unpaired) electrons. The lowest BCUT2D eigenvalue weighted by atomic mass is 10.2. The molecule has 21 heavy (non-hydrogen) atoms. The summed E-state index contributed by atoms with van der Waals surface area (Å²) < 4.78 is 0. The predicted octanol–water partition coefficient (Wildman–Crippen LogP) is 4.06. The Bertz CT molecular complexity index is 605. The maximum Gasteiger partial charge on any atom is 0.278 e. The molecule has 0 aliphatic rings. The molecule has 4 nitrogen and oxygen atoms in total. The van der Waals surface area contributed by atoms with Gasteiger partial charge in [0.2, 0.25) is 0 Å². The zero-order valence-electron chi connectivity index (χ0n) is 12.2. The fraction of sp³-hybridized carbons (Fsp3) is 0.200. The largest absolute Gasteiger partial charge is 0.386 e. The molecule has 0 saturated carbocycles. The molecule has 0 aliphatic carbocycles. The van der Waals surface area contributed by atoms with Gasteiger partial charge in [-0.25, -0.2) is 4.98 Å². The van der Waals surface area contributed by atoms with E-state index < -0.39 is 0 Å². The summed E-state index contributed by atoms with van der Waals surface area (Å²) in [6.07, 6.45) is 6.46. The fourth-order valence-electron chi connectivity index (χ4n) is 1.69. The minimum absolute atomic E-state index is 0.270. The van der Waals surface area contributed by atoms with Crippen molar-refractivity contribution in [3.8, 4) is 0 Å². The Hall–Kier alpha value is -1.78. The van der Waals surface area contributed by atoms with Crippen LogP contribution < -0.4 is 5.32 Å². The van der Waals surface area contributed by atoms with Gasteiger partial charge in [0.15, 0.2) is 5.69 Å². The molecule has 0 unspecified atom stereocenters. The number of hydrogen-bond acceptors (Lipinski definition) is 3. The van der Waals surface area contributed by atoms with Crippen molar-refractivity contribution in [3.05, 3.63) is 58.5 Å². The van der Waals surface area contributed by atoms with Crippen molar-refractivity contribution in [2.75, 3.05) is 19.4 Å². The molecule has 1 rings (SSSR count). The molecule has 1 aromatic heterocycles. The quantitative estimate of drug-likeness (QED) is 0.830. The lowest BCUT2D eigenvalue weighted by Crippen LogP contribution is -2.27. The van der Waals surface area contributed by atoms with E-state index in [1.807, 2.05) is 0 Å². The van der Waals surface area contributed by atoms with Crippen LogP contribution in [0.1, 0.15) is 17.4 Å². The molecule has 0 atom stereocenters. The molecule has 0 saturated heterocycles. The van der Waals surface area contributed by atoms with Crippen LogP contribution in [0, 0.1) is 0 Å². The van der Waals surface area contributed by atoms with Crippen LogP contribution in [0.15, 0.2) is 47.8 Å². The number of carbonyl (C=O) groups is 1. The van der Waals surface area contributed by atoms with Crippen molar-refractivity contribution in [3.63, 3.8) is 0 Å². The highest BCUT2D eigenvalue weighted by Crippen LogP contribution is 2.22. The molecular weight excluding hydrogens is 309 g/mol. The van der Waals surface area contributed by atoms with E-state index in [1.54, 1.807) is 45.3 Å². The number of pyridine rings is 1. The Morgan fingerprint density at radius 2 is 2.19 bits per heavy atom. The normalized spacial score (nSPS) is 12.0. The Balaban J connectivity index is 3.21. The number of amides is 1. The molecule has 1 aromatic rings. The highest BCUT2D eigenvalue weighted by atomic mass is 35.5. The summed E-state index contributed by atoms with van der Waals surface area (Å²) in [4.78, 5) is 18.1. The summed E-state index contributed by atoms with van der Waals surface area (Å²) in [5, 5.41) is 3.85. The summed E-state index contributed by atoms with van der Waals surface area (Å²) >= 11 is 11.9. The van der Waals surface area contributed by atoms with E-state index in [1.165, 1.54) is 11.1 Å². The molecule has 0 bridgehead atoms. The molecule has 1 N–H and O–H groups in total. The molecule has 112 valence electrons.